The lowest BCUT2D eigenvalue weighted by molar-refractivity contribution is 0.0827. The van der Waals surface area contributed by atoms with Gasteiger partial charge >= 0.3 is 0 Å². The first-order valence-corrected chi connectivity index (χ1v) is 10.4. The van der Waals surface area contributed by atoms with Crippen LogP contribution >= 0.6 is 35.3 Å². The molecule has 2 rings (SSSR count). The van der Waals surface area contributed by atoms with E-state index in [9.17, 15) is 4.79 Å². The summed E-state index contributed by atoms with van der Waals surface area (Å²) in [6, 6.07) is 7.58. The minimum absolute atomic E-state index is 0. The Hall–Kier alpha value is -1.68. The lowest BCUT2D eigenvalue weighted by atomic mass is 9.98. The first kappa shape index (κ1) is 25.4. The van der Waals surface area contributed by atoms with Crippen molar-refractivity contribution in [2.75, 3.05) is 20.6 Å². The SMILES string of the molecule is CCNC(=NCc1ccc(C(=O)N(C)C)cc1)NCc1csc(C(C)(C)C)n1.I. The van der Waals surface area contributed by atoms with Crippen LogP contribution in [-0.2, 0) is 18.5 Å². The fourth-order valence-electron chi connectivity index (χ4n) is 2.43. The largest absolute Gasteiger partial charge is 0.357 e. The third-order valence-electron chi connectivity index (χ3n) is 4.00. The Morgan fingerprint density at radius 3 is 2.34 bits per heavy atom. The number of benzene rings is 1. The fourth-order valence-corrected chi connectivity index (χ4v) is 3.34. The highest BCUT2D eigenvalue weighted by Crippen LogP contribution is 2.25. The van der Waals surface area contributed by atoms with Gasteiger partial charge < -0.3 is 15.5 Å². The summed E-state index contributed by atoms with van der Waals surface area (Å²) in [6.07, 6.45) is 0. The number of hydrogen-bond acceptors (Lipinski definition) is 4. The molecule has 1 aromatic carbocycles. The number of rotatable bonds is 6. The Morgan fingerprint density at radius 2 is 1.83 bits per heavy atom. The minimum Gasteiger partial charge on any atom is -0.357 e. The number of amides is 1. The van der Waals surface area contributed by atoms with E-state index in [-0.39, 0.29) is 35.3 Å². The molecule has 1 heterocycles. The number of hydrogen-bond donors (Lipinski definition) is 2. The molecule has 0 radical (unpaired) electrons. The monoisotopic (exact) mass is 529 g/mol. The van der Waals surface area contributed by atoms with Gasteiger partial charge in [-0.05, 0) is 24.6 Å². The first-order valence-electron chi connectivity index (χ1n) is 9.48. The minimum atomic E-state index is 0. The molecule has 0 aliphatic heterocycles. The van der Waals surface area contributed by atoms with Crippen LogP contribution in [0.5, 0.6) is 0 Å². The van der Waals surface area contributed by atoms with Crippen LogP contribution in [0.3, 0.4) is 0 Å². The topological polar surface area (TPSA) is 69.6 Å². The molecular weight excluding hydrogens is 497 g/mol. The van der Waals surface area contributed by atoms with E-state index in [0.29, 0.717) is 18.7 Å². The molecule has 160 valence electrons. The zero-order chi connectivity index (χ0) is 20.7. The van der Waals surface area contributed by atoms with Crippen molar-refractivity contribution in [1.82, 2.24) is 20.5 Å². The van der Waals surface area contributed by atoms with Gasteiger partial charge in [-0.15, -0.1) is 35.3 Å². The maximum absolute atomic E-state index is 12.0. The number of guanidine groups is 1. The van der Waals surface area contributed by atoms with E-state index in [0.717, 1.165) is 28.8 Å². The van der Waals surface area contributed by atoms with Crippen LogP contribution in [0.25, 0.3) is 0 Å². The lowest BCUT2D eigenvalue weighted by Crippen LogP contribution is -2.36. The third-order valence-corrected chi connectivity index (χ3v) is 5.32. The average molecular weight is 529 g/mol. The van der Waals surface area contributed by atoms with Crippen molar-refractivity contribution >= 4 is 47.2 Å². The summed E-state index contributed by atoms with van der Waals surface area (Å²) in [7, 11) is 3.50. The van der Waals surface area contributed by atoms with Crippen LogP contribution in [-0.4, -0.2) is 42.4 Å². The molecule has 0 unspecified atom stereocenters. The van der Waals surface area contributed by atoms with Gasteiger partial charge in [0, 0.05) is 37.0 Å². The van der Waals surface area contributed by atoms with E-state index in [1.165, 1.54) is 0 Å². The number of thiazole rings is 1. The quantitative estimate of drug-likeness (QED) is 0.337. The maximum Gasteiger partial charge on any atom is 0.253 e. The van der Waals surface area contributed by atoms with E-state index in [4.69, 9.17) is 4.98 Å². The van der Waals surface area contributed by atoms with Crippen molar-refractivity contribution in [2.45, 2.75) is 46.2 Å². The fraction of sp³-hybridized carbons (Fsp3) is 0.476. The van der Waals surface area contributed by atoms with E-state index in [2.05, 4.69) is 41.8 Å². The predicted molar refractivity (Wildman–Crippen MR) is 132 cm³/mol. The summed E-state index contributed by atoms with van der Waals surface area (Å²) >= 11 is 1.69. The summed E-state index contributed by atoms with van der Waals surface area (Å²) in [5, 5.41) is 9.83. The Labute approximate surface area is 195 Å². The van der Waals surface area contributed by atoms with E-state index >= 15 is 0 Å². The number of nitrogens with zero attached hydrogens (tertiary/aromatic N) is 3. The van der Waals surface area contributed by atoms with Gasteiger partial charge in [0.05, 0.1) is 23.8 Å². The van der Waals surface area contributed by atoms with Crippen molar-refractivity contribution < 1.29 is 4.79 Å². The van der Waals surface area contributed by atoms with Crippen LogP contribution in [0.4, 0.5) is 0 Å². The zero-order valence-corrected chi connectivity index (χ0v) is 21.2. The molecule has 1 aromatic heterocycles. The number of aromatic nitrogens is 1. The number of nitrogens with one attached hydrogen (secondary N) is 2. The molecule has 29 heavy (non-hydrogen) atoms. The number of carbonyl (C=O) groups excluding carboxylic acids is 1. The molecule has 6 nitrogen and oxygen atoms in total. The van der Waals surface area contributed by atoms with E-state index in [1.54, 1.807) is 30.3 Å². The molecule has 0 saturated heterocycles. The standard InChI is InChI=1S/C21H31N5OS.HI/c1-7-22-20(24-13-17-14-28-19(25-17)21(2,3)4)23-12-15-8-10-16(11-9-15)18(27)26(5)6;/h8-11,14H,7,12-13H2,1-6H3,(H2,22,23,24);1H. The zero-order valence-electron chi connectivity index (χ0n) is 18.1. The number of aliphatic imine (C=N–C) groups is 1. The molecule has 0 aliphatic carbocycles. The van der Waals surface area contributed by atoms with Gasteiger partial charge in [0.2, 0.25) is 0 Å². The van der Waals surface area contributed by atoms with Crippen LogP contribution in [0.2, 0.25) is 0 Å². The van der Waals surface area contributed by atoms with Gasteiger partial charge in [-0.25, -0.2) is 9.98 Å². The number of halogens is 1. The first-order chi connectivity index (χ1) is 13.2. The molecule has 0 aliphatic rings. The van der Waals surface area contributed by atoms with Crippen LogP contribution < -0.4 is 10.6 Å². The van der Waals surface area contributed by atoms with Gasteiger partial charge in [-0.2, -0.15) is 0 Å². The second-order valence-electron chi connectivity index (χ2n) is 7.84. The van der Waals surface area contributed by atoms with Crippen molar-refractivity contribution in [2.24, 2.45) is 4.99 Å². The van der Waals surface area contributed by atoms with Crippen molar-refractivity contribution in [3.8, 4) is 0 Å². The highest BCUT2D eigenvalue weighted by molar-refractivity contribution is 14.0. The van der Waals surface area contributed by atoms with Crippen LogP contribution in [0.15, 0.2) is 34.6 Å². The lowest BCUT2D eigenvalue weighted by Gasteiger charge is -2.14. The smallest absolute Gasteiger partial charge is 0.253 e. The second-order valence-corrected chi connectivity index (χ2v) is 8.70. The van der Waals surface area contributed by atoms with Gasteiger partial charge in [0.25, 0.3) is 5.91 Å². The van der Waals surface area contributed by atoms with Crippen LogP contribution in [0.1, 0.15) is 54.3 Å². The summed E-state index contributed by atoms with van der Waals surface area (Å²) in [6.45, 7) is 10.5. The molecule has 0 saturated carbocycles. The van der Waals surface area contributed by atoms with Gasteiger partial charge in [-0.3, -0.25) is 4.79 Å². The second kappa shape index (κ2) is 11.5. The van der Waals surface area contributed by atoms with Crippen LogP contribution in [0, 0.1) is 0 Å². The van der Waals surface area contributed by atoms with Gasteiger partial charge in [0.1, 0.15) is 0 Å². The molecule has 8 heteroatoms. The summed E-state index contributed by atoms with van der Waals surface area (Å²) in [4.78, 5) is 22.9. The predicted octanol–water partition coefficient (Wildman–Crippen LogP) is 4.02. The molecule has 2 N–H and O–H groups in total. The average Bonchev–Trinajstić information content (AvgIpc) is 3.13. The Kier molecular flexibility index (Phi) is 10.0. The summed E-state index contributed by atoms with van der Waals surface area (Å²) in [5.41, 5.74) is 2.82. The third kappa shape index (κ3) is 7.93. The van der Waals surface area contributed by atoms with E-state index < -0.39 is 0 Å². The van der Waals surface area contributed by atoms with Gasteiger partial charge in [0.15, 0.2) is 5.96 Å². The highest BCUT2D eigenvalue weighted by Gasteiger charge is 2.17. The molecule has 0 fully saturated rings. The molecule has 0 atom stereocenters. The highest BCUT2D eigenvalue weighted by atomic mass is 127. The maximum atomic E-state index is 12.0. The summed E-state index contributed by atoms with van der Waals surface area (Å²) in [5.74, 6) is 0.754. The molecule has 1 amide bonds. The van der Waals surface area contributed by atoms with E-state index in [1.807, 2.05) is 31.2 Å². The molecule has 2 aromatic rings. The molecule has 0 bridgehead atoms. The van der Waals surface area contributed by atoms with Gasteiger partial charge in [-0.1, -0.05) is 32.9 Å². The Morgan fingerprint density at radius 1 is 1.17 bits per heavy atom. The number of carbonyl (C=O) groups is 1. The van der Waals surface area contributed by atoms with Crippen molar-refractivity contribution in [1.29, 1.82) is 0 Å². The normalized spacial score (nSPS) is 11.6. The Balaban J connectivity index is 0.00000420. The summed E-state index contributed by atoms with van der Waals surface area (Å²) < 4.78 is 0. The molecular formula is C21H32IN5OS. The molecule has 0 spiro atoms. The Bertz CT molecular complexity index is 809. The van der Waals surface area contributed by atoms with Crippen molar-refractivity contribution in [3.05, 3.63) is 51.5 Å². The van der Waals surface area contributed by atoms with Crippen molar-refractivity contribution in [3.63, 3.8) is 0 Å².